The molecule has 3 heteroatoms. The molecule has 0 aliphatic carbocycles. The highest BCUT2D eigenvalue weighted by Crippen LogP contribution is 2.46. The minimum Gasteiger partial charge on any atom is -0.449 e. The Kier molecular flexibility index (Phi) is 5.44. The molecule has 36 heavy (non-hydrogen) atoms. The fraction of sp³-hybridized carbons (Fsp3) is 0. The lowest BCUT2D eigenvalue weighted by Gasteiger charge is -2.20. The maximum atomic E-state index is 11.7. The fourth-order valence-electron chi connectivity index (χ4n) is 4.90. The highest BCUT2D eigenvalue weighted by atomic mass is 16.7. The summed E-state index contributed by atoms with van der Waals surface area (Å²) in [6.45, 7) is 0. The molecule has 0 fully saturated rings. The first-order chi connectivity index (χ1) is 17.7. The molecule has 3 nitrogen and oxygen atoms in total. The average Bonchev–Trinajstić information content (AvgIpc) is 2.92. The summed E-state index contributed by atoms with van der Waals surface area (Å²) in [7, 11) is 0. The minimum atomic E-state index is -1.34. The van der Waals surface area contributed by atoms with E-state index in [9.17, 15) is 9.90 Å². The van der Waals surface area contributed by atoms with Crippen LogP contribution in [0, 0.1) is 0 Å². The quantitative estimate of drug-likeness (QED) is 0.208. The first kappa shape index (κ1) is 21.6. The average molecular weight is 467 g/mol. The lowest BCUT2D eigenvalue weighted by Crippen LogP contribution is -2.05. The molecular formula is C33H22O3. The number of carbonyl (C=O) groups is 1. The van der Waals surface area contributed by atoms with Crippen LogP contribution in [0.4, 0.5) is 4.79 Å². The molecule has 0 aliphatic rings. The van der Waals surface area contributed by atoms with E-state index in [-0.39, 0.29) is 0 Å². The van der Waals surface area contributed by atoms with Crippen molar-refractivity contribution < 1.29 is 14.6 Å². The van der Waals surface area contributed by atoms with Crippen LogP contribution in [-0.2, 0) is 0 Å². The number of carboxylic acid groups (broad SMARTS) is 1. The zero-order chi connectivity index (χ0) is 24.5. The van der Waals surface area contributed by atoms with Gasteiger partial charge in [-0.25, -0.2) is 4.79 Å². The van der Waals surface area contributed by atoms with Gasteiger partial charge in [0.2, 0.25) is 0 Å². The van der Waals surface area contributed by atoms with E-state index in [1.54, 1.807) is 6.07 Å². The molecule has 6 aromatic carbocycles. The van der Waals surface area contributed by atoms with Crippen LogP contribution in [0.1, 0.15) is 0 Å². The second-order valence-electron chi connectivity index (χ2n) is 8.72. The van der Waals surface area contributed by atoms with Gasteiger partial charge in [-0.3, -0.25) is 0 Å². The Bertz CT molecular complexity index is 1740. The lowest BCUT2D eigenvalue weighted by atomic mass is 9.86. The van der Waals surface area contributed by atoms with Gasteiger partial charge in [0.1, 0.15) is 5.75 Å². The van der Waals surface area contributed by atoms with E-state index in [0.29, 0.717) is 5.75 Å². The molecule has 0 atom stereocenters. The zero-order valence-corrected chi connectivity index (χ0v) is 19.4. The Morgan fingerprint density at radius 1 is 0.500 bits per heavy atom. The van der Waals surface area contributed by atoms with Crippen LogP contribution in [0.3, 0.4) is 0 Å². The molecule has 0 spiro atoms. The van der Waals surface area contributed by atoms with Crippen molar-refractivity contribution in [1.82, 2.24) is 0 Å². The summed E-state index contributed by atoms with van der Waals surface area (Å²) in [6, 6.07) is 42.8. The highest BCUT2D eigenvalue weighted by molar-refractivity contribution is 6.01. The zero-order valence-electron chi connectivity index (χ0n) is 19.4. The van der Waals surface area contributed by atoms with Crippen LogP contribution in [0.15, 0.2) is 127 Å². The van der Waals surface area contributed by atoms with Crippen LogP contribution in [0.2, 0.25) is 0 Å². The predicted molar refractivity (Wildman–Crippen MR) is 146 cm³/mol. The molecule has 0 bridgehead atoms. The topological polar surface area (TPSA) is 46.5 Å². The van der Waals surface area contributed by atoms with Crippen LogP contribution < -0.4 is 4.74 Å². The Hall–Kier alpha value is -4.89. The van der Waals surface area contributed by atoms with Crippen molar-refractivity contribution in [1.29, 1.82) is 0 Å². The van der Waals surface area contributed by atoms with E-state index in [2.05, 4.69) is 60.7 Å². The Morgan fingerprint density at radius 2 is 1.06 bits per heavy atom. The van der Waals surface area contributed by atoms with Crippen LogP contribution in [-0.4, -0.2) is 11.3 Å². The Balaban J connectivity index is 1.70. The second kappa shape index (κ2) is 9.05. The molecule has 0 unspecified atom stereocenters. The van der Waals surface area contributed by atoms with Crippen molar-refractivity contribution in [3.63, 3.8) is 0 Å². The van der Waals surface area contributed by atoms with Gasteiger partial charge in [0, 0.05) is 11.1 Å². The Morgan fingerprint density at radius 3 is 1.69 bits per heavy atom. The first-order valence-electron chi connectivity index (χ1n) is 11.8. The van der Waals surface area contributed by atoms with E-state index in [4.69, 9.17) is 4.74 Å². The van der Waals surface area contributed by atoms with Gasteiger partial charge in [0.05, 0.1) is 0 Å². The maximum absolute atomic E-state index is 11.7. The number of hydrogen-bond acceptors (Lipinski definition) is 2. The van der Waals surface area contributed by atoms with Gasteiger partial charge in [0.25, 0.3) is 0 Å². The number of rotatable bonds is 4. The summed E-state index contributed by atoms with van der Waals surface area (Å²) >= 11 is 0. The fourth-order valence-corrected chi connectivity index (χ4v) is 4.90. The number of fused-ring (bicyclic) bond motifs is 2. The normalized spacial score (nSPS) is 11.0. The highest BCUT2D eigenvalue weighted by Gasteiger charge is 2.21. The summed E-state index contributed by atoms with van der Waals surface area (Å²) in [5.74, 6) is 0.307. The van der Waals surface area contributed by atoms with Gasteiger partial charge < -0.3 is 9.84 Å². The third-order valence-electron chi connectivity index (χ3n) is 6.53. The summed E-state index contributed by atoms with van der Waals surface area (Å²) in [6.07, 6.45) is -1.34. The molecule has 0 radical (unpaired) electrons. The molecule has 0 heterocycles. The van der Waals surface area contributed by atoms with Gasteiger partial charge in [-0.05, 0) is 62.0 Å². The molecule has 172 valence electrons. The third-order valence-corrected chi connectivity index (χ3v) is 6.53. The SMILES string of the molecule is O=C(O)Oc1ccc(-c2ccc3ccccc3c2)c(-c2ccc3ccccc3c2)c1-c1ccccc1. The van der Waals surface area contributed by atoms with Crippen molar-refractivity contribution >= 4 is 27.7 Å². The summed E-state index contributed by atoms with van der Waals surface area (Å²) in [5.41, 5.74) is 5.62. The largest absolute Gasteiger partial charge is 0.511 e. The summed E-state index contributed by atoms with van der Waals surface area (Å²) < 4.78 is 5.33. The predicted octanol–water partition coefficient (Wildman–Crippen LogP) is 9.05. The van der Waals surface area contributed by atoms with E-state index in [1.165, 1.54) is 5.39 Å². The summed E-state index contributed by atoms with van der Waals surface area (Å²) in [4.78, 5) is 11.7. The molecule has 0 aliphatic heterocycles. The third kappa shape index (κ3) is 3.97. The number of benzene rings is 6. The van der Waals surface area contributed by atoms with Crippen molar-refractivity contribution in [3.8, 4) is 39.1 Å². The minimum absolute atomic E-state index is 0.307. The van der Waals surface area contributed by atoms with E-state index < -0.39 is 6.16 Å². The van der Waals surface area contributed by atoms with Crippen LogP contribution in [0.5, 0.6) is 5.75 Å². The van der Waals surface area contributed by atoms with Crippen molar-refractivity contribution in [2.45, 2.75) is 0 Å². The Labute approximate surface area is 208 Å². The number of ether oxygens (including phenoxy) is 1. The van der Waals surface area contributed by atoms with Gasteiger partial charge in [-0.15, -0.1) is 0 Å². The maximum Gasteiger partial charge on any atom is 0.511 e. The smallest absolute Gasteiger partial charge is 0.449 e. The molecule has 0 amide bonds. The number of hydrogen-bond donors (Lipinski definition) is 1. The van der Waals surface area contributed by atoms with Gasteiger partial charge in [-0.2, -0.15) is 0 Å². The van der Waals surface area contributed by atoms with Crippen molar-refractivity contribution in [3.05, 3.63) is 127 Å². The molecular weight excluding hydrogens is 444 g/mol. The molecule has 6 rings (SSSR count). The van der Waals surface area contributed by atoms with Crippen molar-refractivity contribution in [2.75, 3.05) is 0 Å². The first-order valence-corrected chi connectivity index (χ1v) is 11.8. The summed E-state index contributed by atoms with van der Waals surface area (Å²) in [5, 5.41) is 14.1. The molecule has 0 saturated carbocycles. The monoisotopic (exact) mass is 466 g/mol. The molecule has 1 N–H and O–H groups in total. The lowest BCUT2D eigenvalue weighted by molar-refractivity contribution is 0.144. The van der Waals surface area contributed by atoms with Crippen LogP contribution in [0.25, 0.3) is 54.9 Å². The van der Waals surface area contributed by atoms with E-state index >= 15 is 0 Å². The van der Waals surface area contributed by atoms with Gasteiger partial charge in [0.15, 0.2) is 0 Å². The molecule has 0 saturated heterocycles. The second-order valence-corrected chi connectivity index (χ2v) is 8.72. The van der Waals surface area contributed by atoms with Crippen molar-refractivity contribution in [2.24, 2.45) is 0 Å². The van der Waals surface area contributed by atoms with Crippen LogP contribution >= 0.6 is 0 Å². The van der Waals surface area contributed by atoms with E-state index in [1.807, 2.05) is 60.7 Å². The molecule has 6 aromatic rings. The van der Waals surface area contributed by atoms with Gasteiger partial charge >= 0.3 is 6.16 Å². The standard InChI is InChI=1S/C33H22O3/c34-33(35)36-30-19-18-29(27-16-14-22-8-4-6-12-25(22)20-27)31(32(30)24-10-2-1-3-11-24)28-17-15-23-9-5-7-13-26(23)21-28/h1-21H,(H,34,35). The van der Waals surface area contributed by atoms with Gasteiger partial charge in [-0.1, -0.05) is 109 Å². The molecule has 0 aromatic heterocycles. The van der Waals surface area contributed by atoms with E-state index in [0.717, 1.165) is 49.5 Å².